The third-order valence-electron chi connectivity index (χ3n) is 5.29. The molecule has 0 atom stereocenters. The minimum Gasteiger partial charge on any atom is -0.338 e. The van der Waals surface area contributed by atoms with Crippen LogP contribution in [0.2, 0.25) is 0 Å². The molecule has 3 amide bonds. The van der Waals surface area contributed by atoms with Gasteiger partial charge in [-0.25, -0.2) is 4.79 Å². The quantitative estimate of drug-likeness (QED) is 0.726. The number of halogens is 1. The Kier molecular flexibility index (Phi) is 6.21. The molecule has 28 heavy (non-hydrogen) atoms. The number of urea groups is 1. The number of benzene rings is 1. The third-order valence-corrected chi connectivity index (χ3v) is 5.29. The van der Waals surface area contributed by atoms with E-state index in [-0.39, 0.29) is 24.3 Å². The largest absolute Gasteiger partial charge is 0.338 e. The van der Waals surface area contributed by atoms with Crippen LogP contribution in [0.1, 0.15) is 19.3 Å². The topological polar surface area (TPSA) is 91.3 Å². The standard InChI is InChI=1S/C19H24N6O2.ClH/c26-17(19(6-10-20-11-7-19)25-13-3-9-22-25)23-15-4-1-5-16(14-15)24-12-2-8-21-18(24)27;/h1,3-5,9,13-14,20H,2,6-8,10-12H2,(H,21,27)(H,23,26);1H. The maximum Gasteiger partial charge on any atom is 0.321 e. The molecule has 0 spiro atoms. The molecular weight excluding hydrogens is 380 g/mol. The monoisotopic (exact) mass is 404 g/mol. The highest BCUT2D eigenvalue weighted by Crippen LogP contribution is 2.29. The Labute approximate surface area is 170 Å². The smallest absolute Gasteiger partial charge is 0.321 e. The molecule has 2 saturated heterocycles. The van der Waals surface area contributed by atoms with E-state index in [1.807, 2.05) is 36.5 Å². The molecule has 1 aromatic carbocycles. The molecule has 2 fully saturated rings. The lowest BCUT2D eigenvalue weighted by Gasteiger charge is -2.36. The van der Waals surface area contributed by atoms with Gasteiger partial charge in [-0.15, -0.1) is 12.4 Å². The minimum atomic E-state index is -0.701. The number of hydrogen-bond donors (Lipinski definition) is 3. The Morgan fingerprint density at radius 1 is 1.18 bits per heavy atom. The zero-order chi connectivity index (χ0) is 18.7. The van der Waals surface area contributed by atoms with Gasteiger partial charge in [-0.05, 0) is 56.6 Å². The first-order valence-electron chi connectivity index (χ1n) is 9.37. The Bertz CT molecular complexity index is 820. The highest BCUT2D eigenvalue weighted by atomic mass is 35.5. The third kappa shape index (κ3) is 3.83. The second-order valence-electron chi connectivity index (χ2n) is 6.97. The number of carbonyl (C=O) groups is 2. The van der Waals surface area contributed by atoms with Crippen molar-refractivity contribution in [1.29, 1.82) is 0 Å². The zero-order valence-corrected chi connectivity index (χ0v) is 16.4. The first-order valence-corrected chi connectivity index (χ1v) is 9.37. The summed E-state index contributed by atoms with van der Waals surface area (Å²) in [5.74, 6) is -0.0760. The van der Waals surface area contributed by atoms with Crippen LogP contribution in [0, 0.1) is 0 Å². The molecule has 1 aromatic heterocycles. The SMILES string of the molecule is Cl.O=C1NCCCN1c1cccc(NC(=O)C2(n3cccn3)CCNCC2)c1. The summed E-state index contributed by atoms with van der Waals surface area (Å²) in [5.41, 5.74) is 0.761. The van der Waals surface area contributed by atoms with Crippen LogP contribution in [-0.2, 0) is 10.3 Å². The molecule has 3 heterocycles. The van der Waals surface area contributed by atoms with Crippen molar-refractivity contribution in [3.05, 3.63) is 42.7 Å². The molecule has 0 aliphatic carbocycles. The lowest BCUT2D eigenvalue weighted by atomic mass is 9.87. The van der Waals surface area contributed by atoms with E-state index < -0.39 is 5.54 Å². The number of nitrogens with one attached hydrogen (secondary N) is 3. The summed E-state index contributed by atoms with van der Waals surface area (Å²) in [6.45, 7) is 2.90. The van der Waals surface area contributed by atoms with Gasteiger partial charge in [-0.2, -0.15) is 5.10 Å². The van der Waals surface area contributed by atoms with E-state index >= 15 is 0 Å². The van der Waals surface area contributed by atoms with Gasteiger partial charge in [-0.3, -0.25) is 14.4 Å². The molecule has 4 rings (SSSR count). The van der Waals surface area contributed by atoms with E-state index in [1.165, 1.54) is 0 Å². The van der Waals surface area contributed by atoms with Gasteiger partial charge >= 0.3 is 6.03 Å². The first kappa shape index (κ1) is 20.2. The predicted octanol–water partition coefficient (Wildman–Crippen LogP) is 1.94. The fourth-order valence-corrected chi connectivity index (χ4v) is 3.80. The van der Waals surface area contributed by atoms with E-state index in [0.717, 1.165) is 25.2 Å². The van der Waals surface area contributed by atoms with Crippen LogP contribution in [0.15, 0.2) is 42.7 Å². The Morgan fingerprint density at radius 2 is 2.00 bits per heavy atom. The van der Waals surface area contributed by atoms with Gasteiger partial charge in [-0.1, -0.05) is 6.07 Å². The average molecular weight is 405 g/mol. The van der Waals surface area contributed by atoms with E-state index in [1.54, 1.807) is 15.8 Å². The number of carbonyl (C=O) groups excluding carboxylic acids is 2. The van der Waals surface area contributed by atoms with E-state index in [9.17, 15) is 9.59 Å². The van der Waals surface area contributed by atoms with Crippen LogP contribution in [0.3, 0.4) is 0 Å². The van der Waals surface area contributed by atoms with E-state index in [0.29, 0.717) is 31.6 Å². The summed E-state index contributed by atoms with van der Waals surface area (Å²) in [5, 5.41) is 13.5. The molecule has 0 unspecified atom stereocenters. The molecular formula is C19H25ClN6O2. The van der Waals surface area contributed by atoms with E-state index in [4.69, 9.17) is 0 Å². The zero-order valence-electron chi connectivity index (χ0n) is 15.6. The van der Waals surface area contributed by atoms with Gasteiger partial charge in [0, 0.05) is 36.9 Å². The summed E-state index contributed by atoms with van der Waals surface area (Å²) >= 11 is 0. The van der Waals surface area contributed by atoms with Crippen molar-refractivity contribution in [2.24, 2.45) is 0 Å². The van der Waals surface area contributed by atoms with Crippen LogP contribution in [-0.4, -0.2) is 47.9 Å². The number of rotatable bonds is 4. The normalized spacial score (nSPS) is 18.7. The van der Waals surface area contributed by atoms with Gasteiger partial charge in [0.25, 0.3) is 5.91 Å². The van der Waals surface area contributed by atoms with E-state index in [2.05, 4.69) is 21.0 Å². The second-order valence-corrected chi connectivity index (χ2v) is 6.97. The lowest BCUT2D eigenvalue weighted by Crippen LogP contribution is -2.52. The number of hydrogen-bond acceptors (Lipinski definition) is 4. The van der Waals surface area contributed by atoms with Crippen LogP contribution >= 0.6 is 12.4 Å². The highest BCUT2D eigenvalue weighted by Gasteiger charge is 2.42. The molecule has 0 saturated carbocycles. The number of anilines is 2. The molecule has 0 radical (unpaired) electrons. The maximum atomic E-state index is 13.2. The summed E-state index contributed by atoms with van der Waals surface area (Å²) in [6.07, 6.45) is 5.80. The van der Waals surface area contributed by atoms with Gasteiger partial charge < -0.3 is 16.0 Å². The van der Waals surface area contributed by atoms with Crippen LogP contribution in [0.4, 0.5) is 16.2 Å². The lowest BCUT2D eigenvalue weighted by molar-refractivity contribution is -0.126. The molecule has 8 nitrogen and oxygen atoms in total. The molecule has 150 valence electrons. The number of nitrogens with zero attached hydrogens (tertiary/aromatic N) is 3. The molecule has 9 heteroatoms. The molecule has 2 aromatic rings. The summed E-state index contributed by atoms with van der Waals surface area (Å²) in [7, 11) is 0. The van der Waals surface area contributed by atoms with Gasteiger partial charge in [0.15, 0.2) is 0 Å². The number of piperidine rings is 1. The molecule has 3 N–H and O–H groups in total. The van der Waals surface area contributed by atoms with Crippen LogP contribution in [0.5, 0.6) is 0 Å². The summed E-state index contributed by atoms with van der Waals surface area (Å²) in [4.78, 5) is 27.0. The van der Waals surface area contributed by atoms with Crippen molar-refractivity contribution in [1.82, 2.24) is 20.4 Å². The molecule has 2 aliphatic heterocycles. The molecule has 2 aliphatic rings. The number of amides is 3. The maximum absolute atomic E-state index is 13.2. The van der Waals surface area contributed by atoms with Crippen LogP contribution in [0.25, 0.3) is 0 Å². The van der Waals surface area contributed by atoms with Crippen molar-refractivity contribution >= 4 is 35.7 Å². The van der Waals surface area contributed by atoms with Gasteiger partial charge in [0.1, 0.15) is 5.54 Å². The minimum absolute atomic E-state index is 0. The average Bonchev–Trinajstić information content (AvgIpc) is 3.24. The predicted molar refractivity (Wildman–Crippen MR) is 110 cm³/mol. The first-order chi connectivity index (χ1) is 13.2. The highest BCUT2D eigenvalue weighted by molar-refractivity contribution is 5.98. The Balaban J connectivity index is 0.00000225. The number of aromatic nitrogens is 2. The van der Waals surface area contributed by atoms with Crippen LogP contribution < -0.4 is 20.9 Å². The summed E-state index contributed by atoms with van der Waals surface area (Å²) < 4.78 is 1.77. The van der Waals surface area contributed by atoms with Crippen molar-refractivity contribution in [2.75, 3.05) is 36.4 Å². The van der Waals surface area contributed by atoms with Crippen molar-refractivity contribution < 1.29 is 9.59 Å². The Morgan fingerprint density at radius 3 is 2.71 bits per heavy atom. The molecule has 0 bridgehead atoms. The van der Waals surface area contributed by atoms with Crippen molar-refractivity contribution in [3.63, 3.8) is 0 Å². The summed E-state index contributed by atoms with van der Waals surface area (Å²) in [6, 6.07) is 9.18. The fourth-order valence-electron chi connectivity index (χ4n) is 3.80. The van der Waals surface area contributed by atoms with Crippen molar-refractivity contribution in [3.8, 4) is 0 Å². The van der Waals surface area contributed by atoms with Gasteiger partial charge in [0.2, 0.25) is 0 Å². The Hall–Kier alpha value is -2.58. The van der Waals surface area contributed by atoms with Gasteiger partial charge in [0.05, 0.1) is 0 Å². The fraction of sp³-hybridized carbons (Fsp3) is 0.421. The van der Waals surface area contributed by atoms with Crippen molar-refractivity contribution in [2.45, 2.75) is 24.8 Å². The second kappa shape index (κ2) is 8.62.